The van der Waals surface area contributed by atoms with E-state index in [0.717, 1.165) is 51.4 Å². The van der Waals surface area contributed by atoms with E-state index in [1.165, 1.54) is 212 Å². The number of unbranched alkanes of at least 4 members (excludes halogenated alkanes) is 36. The van der Waals surface area contributed by atoms with Crippen molar-refractivity contribution in [2.75, 3.05) is 40.9 Å². The minimum atomic E-state index is -4.33. The van der Waals surface area contributed by atoms with Crippen molar-refractivity contribution in [3.05, 3.63) is 48.6 Å². The zero-order valence-corrected chi connectivity index (χ0v) is 47.9. The summed E-state index contributed by atoms with van der Waals surface area (Å²) >= 11 is 0. The maximum Gasteiger partial charge on any atom is 0.472 e. The number of carbonyl (C=O) groups excluding carboxylic acids is 1. The molecule has 0 saturated heterocycles. The molecule has 0 saturated carbocycles. The third-order valence-corrected chi connectivity index (χ3v) is 14.5. The van der Waals surface area contributed by atoms with E-state index in [4.69, 9.17) is 9.05 Å². The summed E-state index contributed by atoms with van der Waals surface area (Å²) in [5, 5.41) is 13.8. The number of carbonyl (C=O) groups is 1. The first-order chi connectivity index (χ1) is 34.0. The number of hydrogen-bond donors (Lipinski definition) is 3. The molecule has 0 rings (SSSR count). The van der Waals surface area contributed by atoms with Crippen LogP contribution in [0.5, 0.6) is 0 Å². The molecule has 3 atom stereocenters. The Morgan fingerprint density at radius 2 is 0.814 bits per heavy atom. The molecule has 0 heterocycles. The maximum atomic E-state index is 12.9. The van der Waals surface area contributed by atoms with Gasteiger partial charge in [-0.25, -0.2) is 4.57 Å². The lowest BCUT2D eigenvalue weighted by Gasteiger charge is -2.25. The number of likely N-dealkylation sites (N-methyl/N-ethyl adjacent to an activating group) is 1. The van der Waals surface area contributed by atoms with Gasteiger partial charge in [-0.3, -0.25) is 13.8 Å². The third-order valence-electron chi connectivity index (χ3n) is 13.5. The number of nitrogens with one attached hydrogen (secondary N) is 1. The van der Waals surface area contributed by atoms with Gasteiger partial charge in [-0.2, -0.15) is 0 Å². The molecule has 3 N–H and O–H groups in total. The van der Waals surface area contributed by atoms with E-state index in [-0.39, 0.29) is 19.1 Å². The summed E-state index contributed by atoms with van der Waals surface area (Å²) in [5.41, 5.74) is 0. The van der Waals surface area contributed by atoms with Crippen LogP contribution >= 0.6 is 7.82 Å². The van der Waals surface area contributed by atoms with Gasteiger partial charge in [0.1, 0.15) is 13.2 Å². The molecule has 9 heteroatoms. The minimum absolute atomic E-state index is 0.0624. The zero-order chi connectivity index (χ0) is 51.3. The average Bonchev–Trinajstić information content (AvgIpc) is 3.32. The molecule has 412 valence electrons. The highest BCUT2D eigenvalue weighted by Gasteiger charge is 2.27. The number of aliphatic hydroxyl groups excluding tert-OH is 1. The van der Waals surface area contributed by atoms with Crippen LogP contribution in [0.3, 0.4) is 0 Å². The zero-order valence-electron chi connectivity index (χ0n) is 47.0. The molecule has 0 aromatic heterocycles. The number of rotatable bonds is 55. The number of phosphoric ester groups is 1. The van der Waals surface area contributed by atoms with Gasteiger partial charge in [0.15, 0.2) is 0 Å². The molecule has 0 aromatic carbocycles. The number of amides is 1. The smallest absolute Gasteiger partial charge is 0.387 e. The van der Waals surface area contributed by atoms with Crippen LogP contribution in [-0.4, -0.2) is 73.4 Å². The summed E-state index contributed by atoms with van der Waals surface area (Å²) in [4.78, 5) is 23.2. The second-order valence-electron chi connectivity index (χ2n) is 21.7. The molecule has 70 heavy (non-hydrogen) atoms. The number of aliphatic hydroxyl groups is 1. The monoisotopic (exact) mass is 1010 g/mol. The van der Waals surface area contributed by atoms with Crippen molar-refractivity contribution in [1.82, 2.24) is 5.32 Å². The first-order valence-electron chi connectivity index (χ1n) is 30.0. The normalized spacial score (nSPS) is 14.2. The molecule has 0 radical (unpaired) electrons. The van der Waals surface area contributed by atoms with E-state index >= 15 is 0 Å². The Labute approximate surface area is 435 Å². The van der Waals surface area contributed by atoms with Gasteiger partial charge in [0, 0.05) is 6.42 Å². The topological polar surface area (TPSA) is 105 Å². The highest BCUT2D eigenvalue weighted by Crippen LogP contribution is 2.43. The molecule has 0 aliphatic carbocycles. The predicted octanol–water partition coefficient (Wildman–Crippen LogP) is 18.3. The Kier molecular flexibility index (Phi) is 51.2. The molecule has 0 aliphatic rings. The van der Waals surface area contributed by atoms with E-state index in [9.17, 15) is 19.4 Å². The lowest BCUT2D eigenvalue weighted by molar-refractivity contribution is -0.870. The SMILES string of the molecule is CCCCCCC/C=C\C/C=C\C/C=C\CCCCCCCCCCCCCCCCCCCCCCCCCCC(=O)NC(COP(=O)(O)OCC[N+](C)(C)C)C(O)/C=C/CCCCCCCCC. The van der Waals surface area contributed by atoms with Gasteiger partial charge >= 0.3 is 7.82 Å². The van der Waals surface area contributed by atoms with Crippen LogP contribution in [0.15, 0.2) is 48.6 Å². The van der Waals surface area contributed by atoms with Gasteiger partial charge in [-0.1, -0.05) is 268 Å². The largest absolute Gasteiger partial charge is 0.472 e. The van der Waals surface area contributed by atoms with Crippen LogP contribution in [-0.2, 0) is 18.4 Å². The summed E-state index contributed by atoms with van der Waals surface area (Å²) in [6, 6.07) is -0.843. The van der Waals surface area contributed by atoms with Gasteiger partial charge in [-0.05, 0) is 57.8 Å². The first kappa shape index (κ1) is 68.5. The molecular formula is C61H118N2O6P+. The predicted molar refractivity (Wildman–Crippen MR) is 304 cm³/mol. The van der Waals surface area contributed by atoms with Gasteiger partial charge < -0.3 is 19.8 Å². The summed E-state index contributed by atoms with van der Waals surface area (Å²) in [5.74, 6) is -0.176. The Balaban J connectivity index is 3.80. The van der Waals surface area contributed by atoms with Crippen LogP contribution < -0.4 is 5.32 Å². The summed E-state index contributed by atoms with van der Waals surface area (Å²) < 4.78 is 23.6. The van der Waals surface area contributed by atoms with Crippen molar-refractivity contribution in [3.8, 4) is 0 Å². The fraction of sp³-hybridized carbons (Fsp3) is 0.852. The fourth-order valence-corrected chi connectivity index (χ4v) is 9.55. The van der Waals surface area contributed by atoms with E-state index in [0.29, 0.717) is 17.4 Å². The molecule has 3 unspecified atom stereocenters. The molecule has 0 fully saturated rings. The van der Waals surface area contributed by atoms with Crippen molar-refractivity contribution in [2.24, 2.45) is 0 Å². The van der Waals surface area contributed by atoms with Crippen molar-refractivity contribution in [2.45, 2.75) is 296 Å². The second-order valence-corrected chi connectivity index (χ2v) is 23.2. The van der Waals surface area contributed by atoms with Crippen molar-refractivity contribution < 1.29 is 32.9 Å². The highest BCUT2D eigenvalue weighted by molar-refractivity contribution is 7.47. The number of hydrogen-bond acceptors (Lipinski definition) is 5. The molecular weight excluding hydrogens is 888 g/mol. The van der Waals surface area contributed by atoms with Crippen molar-refractivity contribution >= 4 is 13.7 Å². The van der Waals surface area contributed by atoms with Crippen LogP contribution in [0.1, 0.15) is 284 Å². The molecule has 0 spiro atoms. The second kappa shape index (κ2) is 52.3. The van der Waals surface area contributed by atoms with Gasteiger partial charge in [0.05, 0.1) is 39.9 Å². The number of quaternary nitrogens is 1. The van der Waals surface area contributed by atoms with E-state index in [1.54, 1.807) is 6.08 Å². The number of phosphoric acid groups is 1. The minimum Gasteiger partial charge on any atom is -0.387 e. The lowest BCUT2D eigenvalue weighted by Crippen LogP contribution is -2.45. The number of allylic oxidation sites excluding steroid dienone is 7. The van der Waals surface area contributed by atoms with Crippen LogP contribution in [0, 0.1) is 0 Å². The molecule has 8 nitrogen and oxygen atoms in total. The molecule has 1 amide bonds. The van der Waals surface area contributed by atoms with Crippen LogP contribution in [0.2, 0.25) is 0 Å². The van der Waals surface area contributed by atoms with Crippen LogP contribution in [0.25, 0.3) is 0 Å². The lowest BCUT2D eigenvalue weighted by atomic mass is 10.0. The Bertz CT molecular complexity index is 1280. The average molecular weight is 1010 g/mol. The Hall–Kier alpha value is -1.54. The van der Waals surface area contributed by atoms with E-state index in [1.807, 2.05) is 27.2 Å². The summed E-state index contributed by atoms with van der Waals surface area (Å²) in [7, 11) is 1.58. The maximum absolute atomic E-state index is 12.9. The Morgan fingerprint density at radius 3 is 1.19 bits per heavy atom. The standard InChI is InChI=1S/C61H117N2O6P/c1-6-8-10-12-14-16-17-18-19-20-21-22-23-24-25-26-27-28-29-30-31-32-33-34-35-36-37-38-39-40-41-42-43-44-45-47-49-51-53-55-61(65)62-59(58-69-70(66,67)68-57-56-63(3,4)5)60(64)54-52-50-48-46-15-13-11-9-7-2/h17-18,20-21,23-24,52,54,59-60,64H,6-16,19,22,25-51,53,55-58H2,1-5H3,(H-,62,65,66,67)/p+1/b18-17-,21-20-,24-23-,54-52+. The molecule has 0 aliphatic heterocycles. The summed E-state index contributed by atoms with van der Waals surface area (Å²) in [6.07, 6.45) is 69.7. The molecule has 0 bridgehead atoms. The van der Waals surface area contributed by atoms with Gasteiger partial charge in [-0.15, -0.1) is 0 Å². The Morgan fingerprint density at radius 1 is 0.486 bits per heavy atom. The number of nitrogens with zero attached hydrogens (tertiary/aromatic N) is 1. The van der Waals surface area contributed by atoms with Crippen LogP contribution in [0.4, 0.5) is 0 Å². The van der Waals surface area contributed by atoms with E-state index < -0.39 is 20.0 Å². The summed E-state index contributed by atoms with van der Waals surface area (Å²) in [6.45, 7) is 4.79. The quantitative estimate of drug-likeness (QED) is 0.0243. The molecule has 0 aromatic rings. The van der Waals surface area contributed by atoms with Gasteiger partial charge in [0.25, 0.3) is 0 Å². The fourth-order valence-electron chi connectivity index (χ4n) is 8.82. The highest BCUT2D eigenvalue weighted by atomic mass is 31.2. The third kappa shape index (κ3) is 54.2. The van der Waals surface area contributed by atoms with E-state index in [2.05, 4.69) is 55.6 Å². The van der Waals surface area contributed by atoms with Crippen molar-refractivity contribution in [1.29, 1.82) is 0 Å². The van der Waals surface area contributed by atoms with Crippen molar-refractivity contribution in [3.63, 3.8) is 0 Å². The van der Waals surface area contributed by atoms with Gasteiger partial charge in [0.2, 0.25) is 5.91 Å². The first-order valence-corrected chi connectivity index (χ1v) is 31.5.